The van der Waals surface area contributed by atoms with Crippen molar-refractivity contribution in [2.75, 3.05) is 20.2 Å². The third-order valence-corrected chi connectivity index (χ3v) is 3.53. The number of aromatic nitrogens is 1. The molecule has 0 aliphatic heterocycles. The van der Waals surface area contributed by atoms with E-state index < -0.39 is 12.6 Å². The molecule has 1 heterocycles. The van der Waals surface area contributed by atoms with Crippen molar-refractivity contribution in [1.82, 2.24) is 15.6 Å². The number of methoxy groups -OCH3 is 1. The van der Waals surface area contributed by atoms with E-state index in [0.717, 1.165) is 5.56 Å². The van der Waals surface area contributed by atoms with Gasteiger partial charge in [-0.05, 0) is 24.6 Å². The maximum atomic E-state index is 12.3. The van der Waals surface area contributed by atoms with Crippen molar-refractivity contribution in [3.8, 4) is 17.4 Å². The number of guanidine groups is 1. The minimum Gasteiger partial charge on any atom is -0.497 e. The highest BCUT2D eigenvalue weighted by molar-refractivity contribution is 5.79. The van der Waals surface area contributed by atoms with Crippen molar-refractivity contribution in [2.45, 2.75) is 26.1 Å². The van der Waals surface area contributed by atoms with E-state index >= 15 is 0 Å². The number of aliphatic imine (C=N–C) groups is 1. The molecule has 2 N–H and O–H groups in total. The van der Waals surface area contributed by atoms with E-state index in [0.29, 0.717) is 29.9 Å². The first kappa shape index (κ1) is 21.3. The number of ether oxygens (including phenoxy) is 2. The van der Waals surface area contributed by atoms with Gasteiger partial charge in [-0.25, -0.2) is 9.98 Å². The van der Waals surface area contributed by atoms with Crippen molar-refractivity contribution < 1.29 is 22.6 Å². The third-order valence-electron chi connectivity index (χ3n) is 3.53. The molecule has 0 saturated heterocycles. The summed E-state index contributed by atoms with van der Waals surface area (Å²) in [5, 5.41) is 5.57. The van der Waals surface area contributed by atoms with Gasteiger partial charge in [-0.3, -0.25) is 0 Å². The zero-order valence-corrected chi connectivity index (χ0v) is 15.7. The molecular weight excluding hydrogens is 373 g/mol. The van der Waals surface area contributed by atoms with Gasteiger partial charge in [-0.1, -0.05) is 12.1 Å². The van der Waals surface area contributed by atoms with Gasteiger partial charge in [-0.15, -0.1) is 0 Å². The highest BCUT2D eigenvalue weighted by Gasteiger charge is 2.26. The summed E-state index contributed by atoms with van der Waals surface area (Å²) in [6.45, 7) is 2.42. The summed E-state index contributed by atoms with van der Waals surface area (Å²) < 4.78 is 47.6. The molecule has 0 amide bonds. The lowest BCUT2D eigenvalue weighted by Gasteiger charge is -2.12. The fourth-order valence-corrected chi connectivity index (χ4v) is 2.18. The normalized spacial score (nSPS) is 11.8. The van der Waals surface area contributed by atoms with E-state index in [1.165, 1.54) is 0 Å². The Bertz CT molecular complexity index is 765. The summed E-state index contributed by atoms with van der Waals surface area (Å²) >= 11 is 0. The first-order chi connectivity index (χ1) is 13.4. The lowest BCUT2D eigenvalue weighted by atomic mass is 10.3. The predicted molar refractivity (Wildman–Crippen MR) is 101 cm³/mol. The average molecular weight is 396 g/mol. The first-order valence-corrected chi connectivity index (χ1v) is 8.75. The van der Waals surface area contributed by atoms with Gasteiger partial charge < -0.3 is 20.1 Å². The molecule has 0 aliphatic carbocycles. The van der Waals surface area contributed by atoms with E-state index in [1.807, 2.05) is 19.1 Å². The molecule has 0 spiro atoms. The summed E-state index contributed by atoms with van der Waals surface area (Å²) in [5.41, 5.74) is 0.797. The molecule has 0 unspecified atom stereocenters. The Kier molecular flexibility index (Phi) is 7.91. The number of nitrogens with one attached hydrogen (secondary N) is 2. The SMILES string of the molecule is CCNC(=NCc1ccc(Oc2cccc(OC)c2)nc1)NCCC(F)(F)F. The Morgan fingerprint density at radius 3 is 2.57 bits per heavy atom. The van der Waals surface area contributed by atoms with Crippen LogP contribution in [0.2, 0.25) is 0 Å². The van der Waals surface area contributed by atoms with Gasteiger partial charge in [0, 0.05) is 31.4 Å². The van der Waals surface area contributed by atoms with Gasteiger partial charge >= 0.3 is 6.18 Å². The Morgan fingerprint density at radius 2 is 1.93 bits per heavy atom. The van der Waals surface area contributed by atoms with Crippen molar-refractivity contribution in [3.63, 3.8) is 0 Å². The standard InChI is InChI=1S/C19H23F3N4O2/c1-3-23-18(24-10-9-19(20,21)22)26-13-14-7-8-17(25-12-14)28-16-6-4-5-15(11-16)27-2/h4-8,11-12H,3,9-10,13H2,1-2H3,(H2,23,24,26). The Balaban J connectivity index is 1.92. The molecule has 28 heavy (non-hydrogen) atoms. The number of alkyl halides is 3. The molecule has 2 rings (SSSR count). The molecule has 6 nitrogen and oxygen atoms in total. The fourth-order valence-electron chi connectivity index (χ4n) is 2.18. The van der Waals surface area contributed by atoms with Crippen molar-refractivity contribution >= 4 is 5.96 Å². The van der Waals surface area contributed by atoms with E-state index in [2.05, 4.69) is 20.6 Å². The van der Waals surface area contributed by atoms with Crippen LogP contribution < -0.4 is 20.1 Å². The van der Waals surface area contributed by atoms with Crippen LogP contribution >= 0.6 is 0 Å². The minimum absolute atomic E-state index is 0.235. The summed E-state index contributed by atoms with van der Waals surface area (Å²) in [7, 11) is 1.58. The lowest BCUT2D eigenvalue weighted by molar-refractivity contribution is -0.132. The monoisotopic (exact) mass is 396 g/mol. The number of halogens is 3. The molecule has 2 aromatic rings. The van der Waals surface area contributed by atoms with E-state index in [4.69, 9.17) is 9.47 Å². The first-order valence-electron chi connectivity index (χ1n) is 8.75. The largest absolute Gasteiger partial charge is 0.497 e. The van der Waals surface area contributed by atoms with Crippen LogP contribution in [-0.4, -0.2) is 37.3 Å². The quantitative estimate of drug-likeness (QED) is 0.523. The second-order valence-electron chi connectivity index (χ2n) is 5.77. The maximum absolute atomic E-state index is 12.3. The van der Waals surface area contributed by atoms with Crippen molar-refractivity contribution in [2.24, 2.45) is 4.99 Å². The van der Waals surface area contributed by atoms with Gasteiger partial charge in [0.15, 0.2) is 5.96 Å². The van der Waals surface area contributed by atoms with Crippen LogP contribution in [0.4, 0.5) is 13.2 Å². The molecule has 0 atom stereocenters. The second-order valence-corrected chi connectivity index (χ2v) is 5.77. The highest BCUT2D eigenvalue weighted by atomic mass is 19.4. The molecular formula is C19H23F3N4O2. The van der Waals surface area contributed by atoms with Gasteiger partial charge in [-0.2, -0.15) is 13.2 Å². The number of benzene rings is 1. The molecule has 152 valence electrons. The number of nitrogens with zero attached hydrogens (tertiary/aromatic N) is 2. The van der Waals surface area contributed by atoms with Gasteiger partial charge in [0.05, 0.1) is 20.1 Å². The smallest absolute Gasteiger partial charge is 0.390 e. The molecule has 1 aromatic carbocycles. The number of rotatable bonds is 8. The fraction of sp³-hybridized carbons (Fsp3) is 0.368. The minimum atomic E-state index is -4.20. The van der Waals surface area contributed by atoms with Crippen molar-refractivity contribution in [3.05, 3.63) is 48.2 Å². The number of hydrogen-bond donors (Lipinski definition) is 2. The van der Waals surface area contributed by atoms with E-state index in [-0.39, 0.29) is 13.1 Å². The van der Waals surface area contributed by atoms with Crippen LogP contribution in [0.5, 0.6) is 17.4 Å². The Morgan fingerprint density at radius 1 is 1.14 bits per heavy atom. The molecule has 0 bridgehead atoms. The van der Waals surface area contributed by atoms with Gasteiger partial charge in [0.1, 0.15) is 11.5 Å². The summed E-state index contributed by atoms with van der Waals surface area (Å²) in [6.07, 6.45) is -3.51. The maximum Gasteiger partial charge on any atom is 0.390 e. The summed E-state index contributed by atoms with van der Waals surface area (Å²) in [5.74, 6) is 2.01. The third kappa shape index (κ3) is 7.73. The molecule has 0 saturated carbocycles. The summed E-state index contributed by atoms with van der Waals surface area (Å²) in [4.78, 5) is 8.50. The highest BCUT2D eigenvalue weighted by Crippen LogP contribution is 2.23. The zero-order valence-electron chi connectivity index (χ0n) is 15.7. The van der Waals surface area contributed by atoms with Crippen LogP contribution in [0.1, 0.15) is 18.9 Å². The Hall–Kier alpha value is -2.97. The molecule has 1 aromatic heterocycles. The lowest BCUT2D eigenvalue weighted by Crippen LogP contribution is -2.38. The number of hydrogen-bond acceptors (Lipinski definition) is 4. The molecule has 0 fully saturated rings. The average Bonchev–Trinajstić information content (AvgIpc) is 2.66. The summed E-state index contributed by atoms with van der Waals surface area (Å²) in [6, 6.07) is 10.7. The molecule has 9 heteroatoms. The second kappa shape index (κ2) is 10.4. The van der Waals surface area contributed by atoms with E-state index in [1.54, 1.807) is 37.6 Å². The molecule has 0 aliphatic rings. The topological polar surface area (TPSA) is 67.8 Å². The Labute approximate surface area is 161 Å². The van der Waals surface area contributed by atoms with Crippen molar-refractivity contribution in [1.29, 1.82) is 0 Å². The van der Waals surface area contributed by atoms with Gasteiger partial charge in [0.25, 0.3) is 0 Å². The van der Waals surface area contributed by atoms with Crippen LogP contribution in [0.15, 0.2) is 47.6 Å². The van der Waals surface area contributed by atoms with Crippen LogP contribution in [0.25, 0.3) is 0 Å². The van der Waals surface area contributed by atoms with Crippen LogP contribution in [0, 0.1) is 0 Å². The van der Waals surface area contributed by atoms with E-state index in [9.17, 15) is 13.2 Å². The molecule has 0 radical (unpaired) electrons. The van der Waals surface area contributed by atoms with Crippen LogP contribution in [-0.2, 0) is 6.54 Å². The predicted octanol–water partition coefficient (Wildman–Crippen LogP) is 3.89. The zero-order chi connectivity index (χ0) is 20.4. The van der Waals surface area contributed by atoms with Gasteiger partial charge in [0.2, 0.25) is 5.88 Å². The van der Waals surface area contributed by atoms with Crippen LogP contribution in [0.3, 0.4) is 0 Å². The number of pyridine rings is 1.